The lowest BCUT2D eigenvalue weighted by Gasteiger charge is -2.07. The van der Waals surface area contributed by atoms with Gasteiger partial charge in [0.25, 0.3) is 0 Å². The highest BCUT2D eigenvalue weighted by Crippen LogP contribution is 2.19. The molecule has 0 atom stereocenters. The van der Waals surface area contributed by atoms with Crippen LogP contribution in [0.3, 0.4) is 0 Å². The van der Waals surface area contributed by atoms with Gasteiger partial charge in [0.15, 0.2) is 0 Å². The van der Waals surface area contributed by atoms with Crippen LogP contribution in [0.1, 0.15) is 25.0 Å². The third kappa shape index (κ3) is 5.59. The van der Waals surface area contributed by atoms with E-state index >= 15 is 0 Å². The van der Waals surface area contributed by atoms with E-state index in [0.29, 0.717) is 5.92 Å². The van der Waals surface area contributed by atoms with Crippen LogP contribution in [-0.4, -0.2) is 16.8 Å². The molecule has 0 aromatic heterocycles. The minimum atomic E-state index is -0.908. The summed E-state index contributed by atoms with van der Waals surface area (Å²) in [5.74, 6) is 1.83. The maximum absolute atomic E-state index is 10.5. The van der Waals surface area contributed by atoms with Crippen LogP contribution in [0.5, 0.6) is 0 Å². The van der Waals surface area contributed by atoms with E-state index in [2.05, 4.69) is 19.9 Å². The second-order valence-electron chi connectivity index (χ2n) is 4.28. The van der Waals surface area contributed by atoms with Gasteiger partial charge < -0.3 is 5.11 Å². The van der Waals surface area contributed by atoms with Crippen LogP contribution in [0.15, 0.2) is 30.3 Å². The molecule has 0 aliphatic rings. The molecule has 2 nitrogen and oxygen atoms in total. The second-order valence-corrected chi connectivity index (χ2v) is 5.31. The number of carbonyl (C=O) groups is 1. The summed E-state index contributed by atoms with van der Waals surface area (Å²) in [7, 11) is 0. The molecule has 0 aliphatic heterocycles. The van der Waals surface area contributed by atoms with Gasteiger partial charge in [-0.05, 0) is 28.9 Å². The Hall–Kier alpha value is -1.22. The highest BCUT2D eigenvalue weighted by atomic mass is 32.2. The summed E-state index contributed by atoms with van der Waals surface area (Å²) in [6.45, 7) is 4.40. The summed E-state index contributed by atoms with van der Waals surface area (Å²) >= 11 is 1.88. The number of benzene rings is 1. The standard InChI is InChI=1S/C14H18O2S/c1-11(2)9-17-10-13-6-4-3-5-12(13)7-8-14(15)16/h3-8,11H,9-10H2,1-2H3,(H,15,16)/b8-7+. The van der Waals surface area contributed by atoms with E-state index in [1.54, 1.807) is 6.08 Å². The molecule has 0 saturated carbocycles. The quantitative estimate of drug-likeness (QED) is 0.783. The first-order chi connectivity index (χ1) is 8.09. The fraction of sp³-hybridized carbons (Fsp3) is 0.357. The summed E-state index contributed by atoms with van der Waals surface area (Å²) in [4.78, 5) is 10.5. The van der Waals surface area contributed by atoms with Crippen LogP contribution in [0.25, 0.3) is 6.08 Å². The van der Waals surface area contributed by atoms with Crippen molar-refractivity contribution in [2.24, 2.45) is 5.92 Å². The van der Waals surface area contributed by atoms with E-state index in [1.165, 1.54) is 11.6 Å². The van der Waals surface area contributed by atoms with Crippen molar-refractivity contribution < 1.29 is 9.90 Å². The van der Waals surface area contributed by atoms with Gasteiger partial charge >= 0.3 is 5.97 Å². The topological polar surface area (TPSA) is 37.3 Å². The second kappa shape index (κ2) is 7.17. The number of hydrogen-bond donors (Lipinski definition) is 1. The van der Waals surface area contributed by atoms with Crippen molar-refractivity contribution in [1.82, 2.24) is 0 Å². The van der Waals surface area contributed by atoms with Crippen LogP contribution in [0.2, 0.25) is 0 Å². The molecule has 1 aromatic carbocycles. The molecule has 17 heavy (non-hydrogen) atoms. The first-order valence-electron chi connectivity index (χ1n) is 5.66. The van der Waals surface area contributed by atoms with Gasteiger partial charge in [0.1, 0.15) is 0 Å². The number of hydrogen-bond acceptors (Lipinski definition) is 2. The Balaban J connectivity index is 2.67. The van der Waals surface area contributed by atoms with Crippen molar-refractivity contribution in [3.05, 3.63) is 41.5 Å². The Kier molecular flexibility index (Phi) is 5.84. The smallest absolute Gasteiger partial charge is 0.328 e. The van der Waals surface area contributed by atoms with Crippen LogP contribution >= 0.6 is 11.8 Å². The minimum absolute atomic E-state index is 0.682. The van der Waals surface area contributed by atoms with Gasteiger partial charge in [0.2, 0.25) is 0 Å². The number of carboxylic acids is 1. The van der Waals surface area contributed by atoms with E-state index in [9.17, 15) is 4.79 Å². The van der Waals surface area contributed by atoms with E-state index in [-0.39, 0.29) is 0 Å². The van der Waals surface area contributed by atoms with Crippen molar-refractivity contribution in [2.75, 3.05) is 5.75 Å². The summed E-state index contributed by atoms with van der Waals surface area (Å²) in [6, 6.07) is 7.92. The monoisotopic (exact) mass is 250 g/mol. The van der Waals surface area contributed by atoms with Crippen LogP contribution in [0, 0.1) is 5.92 Å². The Bertz CT molecular complexity index is 397. The Morgan fingerprint density at radius 3 is 2.76 bits per heavy atom. The van der Waals surface area contributed by atoms with Gasteiger partial charge in [-0.15, -0.1) is 0 Å². The average molecular weight is 250 g/mol. The zero-order valence-electron chi connectivity index (χ0n) is 10.2. The lowest BCUT2D eigenvalue weighted by Crippen LogP contribution is -1.93. The maximum Gasteiger partial charge on any atom is 0.328 e. The van der Waals surface area contributed by atoms with Gasteiger partial charge in [-0.25, -0.2) is 4.79 Å². The van der Waals surface area contributed by atoms with Crippen molar-refractivity contribution in [1.29, 1.82) is 0 Å². The fourth-order valence-electron chi connectivity index (χ4n) is 1.39. The zero-order valence-corrected chi connectivity index (χ0v) is 11.0. The summed E-state index contributed by atoms with van der Waals surface area (Å²) < 4.78 is 0. The molecule has 3 heteroatoms. The molecule has 0 heterocycles. The minimum Gasteiger partial charge on any atom is -0.478 e. The van der Waals surface area contributed by atoms with E-state index in [4.69, 9.17) is 5.11 Å². The largest absolute Gasteiger partial charge is 0.478 e. The summed E-state index contributed by atoms with van der Waals surface area (Å²) in [5.41, 5.74) is 2.18. The van der Waals surface area contributed by atoms with Gasteiger partial charge in [0, 0.05) is 11.8 Å². The summed E-state index contributed by atoms with van der Waals surface area (Å²) in [6.07, 6.45) is 2.85. The van der Waals surface area contributed by atoms with Crippen molar-refractivity contribution >= 4 is 23.8 Å². The van der Waals surface area contributed by atoms with E-state index < -0.39 is 5.97 Å². The molecule has 0 radical (unpaired) electrons. The van der Waals surface area contributed by atoms with Crippen molar-refractivity contribution in [3.8, 4) is 0 Å². The third-order valence-corrected chi connectivity index (χ3v) is 3.59. The van der Waals surface area contributed by atoms with E-state index in [0.717, 1.165) is 17.1 Å². The molecular formula is C14H18O2S. The molecule has 1 rings (SSSR count). The summed E-state index contributed by atoms with van der Waals surface area (Å²) in [5, 5.41) is 8.62. The molecular weight excluding hydrogens is 232 g/mol. The lowest BCUT2D eigenvalue weighted by molar-refractivity contribution is -0.131. The molecule has 1 aromatic rings. The molecule has 0 fully saturated rings. The number of aliphatic carboxylic acids is 1. The van der Waals surface area contributed by atoms with Crippen molar-refractivity contribution in [2.45, 2.75) is 19.6 Å². The van der Waals surface area contributed by atoms with Crippen LogP contribution < -0.4 is 0 Å². The van der Waals surface area contributed by atoms with Crippen LogP contribution in [-0.2, 0) is 10.5 Å². The number of thioether (sulfide) groups is 1. The van der Waals surface area contributed by atoms with Gasteiger partial charge in [-0.1, -0.05) is 38.1 Å². The molecule has 0 spiro atoms. The highest BCUT2D eigenvalue weighted by molar-refractivity contribution is 7.98. The van der Waals surface area contributed by atoms with Gasteiger partial charge in [-0.3, -0.25) is 0 Å². The molecule has 0 unspecified atom stereocenters. The number of rotatable bonds is 6. The molecule has 0 bridgehead atoms. The molecule has 92 valence electrons. The normalized spacial score (nSPS) is 11.2. The van der Waals surface area contributed by atoms with Gasteiger partial charge in [0.05, 0.1) is 0 Å². The van der Waals surface area contributed by atoms with Gasteiger partial charge in [-0.2, -0.15) is 11.8 Å². The molecule has 0 amide bonds. The Labute approximate surface area is 107 Å². The van der Waals surface area contributed by atoms with Crippen molar-refractivity contribution in [3.63, 3.8) is 0 Å². The highest BCUT2D eigenvalue weighted by Gasteiger charge is 2.01. The lowest BCUT2D eigenvalue weighted by atomic mass is 10.1. The maximum atomic E-state index is 10.5. The third-order valence-electron chi connectivity index (χ3n) is 2.17. The fourth-order valence-corrected chi connectivity index (χ4v) is 2.47. The molecule has 0 saturated heterocycles. The predicted octanol–water partition coefficient (Wildman–Crippen LogP) is 3.67. The van der Waals surface area contributed by atoms with Crippen LogP contribution in [0.4, 0.5) is 0 Å². The average Bonchev–Trinajstić information content (AvgIpc) is 2.27. The predicted molar refractivity (Wildman–Crippen MR) is 74.1 cm³/mol. The zero-order chi connectivity index (χ0) is 12.7. The Morgan fingerprint density at radius 2 is 2.12 bits per heavy atom. The SMILES string of the molecule is CC(C)CSCc1ccccc1/C=C/C(=O)O. The number of carboxylic acid groups (broad SMARTS) is 1. The first-order valence-corrected chi connectivity index (χ1v) is 6.81. The first kappa shape index (κ1) is 13.8. The molecule has 1 N–H and O–H groups in total. The van der Waals surface area contributed by atoms with E-state index in [1.807, 2.05) is 30.0 Å². The Morgan fingerprint density at radius 1 is 1.41 bits per heavy atom. The molecule has 0 aliphatic carbocycles.